The lowest BCUT2D eigenvalue weighted by Gasteiger charge is -2.27. The zero-order chi connectivity index (χ0) is 16.4. The summed E-state index contributed by atoms with van der Waals surface area (Å²) in [6, 6.07) is 7.66. The van der Waals surface area contributed by atoms with E-state index in [2.05, 4.69) is 0 Å². The van der Waals surface area contributed by atoms with Crippen molar-refractivity contribution < 1.29 is 23.4 Å². The third-order valence-corrected chi connectivity index (χ3v) is 4.78. The molecule has 0 unspecified atom stereocenters. The monoisotopic (exact) mass is 323 g/mol. The number of carbonyl (C=O) groups is 1. The Hall–Kier alpha value is -1.66. The first kappa shape index (κ1) is 16.2. The zero-order valence-electron chi connectivity index (χ0n) is 13.5. The molecule has 2 saturated heterocycles. The molecule has 0 bridgehead atoms. The van der Waals surface area contributed by atoms with Crippen molar-refractivity contribution in [1.82, 2.24) is 4.90 Å². The molecule has 0 radical (unpaired) electrons. The van der Waals surface area contributed by atoms with Crippen molar-refractivity contribution in [3.05, 3.63) is 29.8 Å². The van der Waals surface area contributed by atoms with Crippen molar-refractivity contribution in [1.29, 1.82) is 0 Å². The van der Waals surface area contributed by atoms with Gasteiger partial charge in [-0.2, -0.15) is 0 Å². The molecule has 0 aromatic heterocycles. The van der Waals surface area contributed by atoms with E-state index in [0.717, 1.165) is 11.3 Å². The molecule has 3 rings (SSSR count). The molecule has 23 heavy (non-hydrogen) atoms. The molecule has 1 aromatic carbocycles. The van der Waals surface area contributed by atoms with E-state index < -0.39 is 11.7 Å². The molecule has 1 aromatic rings. The van der Waals surface area contributed by atoms with Crippen molar-refractivity contribution in [2.75, 3.05) is 27.3 Å². The number of rotatable bonds is 5. The predicted octanol–water partition coefficient (Wildman–Crippen LogP) is 1.94. The summed E-state index contributed by atoms with van der Waals surface area (Å²) in [6.45, 7) is 1.29. The van der Waals surface area contributed by atoms with Gasteiger partial charge in [0.05, 0.1) is 26.9 Å². The number of ether oxygens (including phenoxy) is 3. The van der Waals surface area contributed by atoms with Crippen LogP contribution < -0.4 is 4.74 Å². The lowest BCUT2D eigenvalue weighted by atomic mass is 9.93. The Morgan fingerprint density at radius 2 is 2.00 bits per heavy atom. The topological polar surface area (TPSA) is 48.0 Å². The Labute approximate surface area is 135 Å². The van der Waals surface area contributed by atoms with E-state index in [9.17, 15) is 9.18 Å². The molecule has 0 amide bonds. The molecule has 0 spiro atoms. The number of methoxy groups -OCH3 is 2. The molecule has 0 N–H and O–H groups in total. The highest BCUT2D eigenvalue weighted by Crippen LogP contribution is 2.42. The van der Waals surface area contributed by atoms with E-state index in [1.54, 1.807) is 7.11 Å². The van der Waals surface area contributed by atoms with E-state index >= 15 is 0 Å². The normalized spacial score (nSPS) is 30.2. The highest BCUT2D eigenvalue weighted by atomic mass is 19.1. The van der Waals surface area contributed by atoms with Crippen molar-refractivity contribution >= 4 is 5.97 Å². The second kappa shape index (κ2) is 6.45. The molecular formula is C17H22FNO4. The highest BCUT2D eigenvalue weighted by molar-refractivity contribution is 5.82. The first-order chi connectivity index (χ1) is 11.1. The minimum Gasteiger partial charge on any atom is -0.497 e. The van der Waals surface area contributed by atoms with Gasteiger partial charge in [0.25, 0.3) is 0 Å². The highest BCUT2D eigenvalue weighted by Gasteiger charge is 2.58. The van der Waals surface area contributed by atoms with Gasteiger partial charge >= 0.3 is 5.97 Å². The first-order valence-corrected chi connectivity index (χ1v) is 7.79. The van der Waals surface area contributed by atoms with Gasteiger partial charge in [0.1, 0.15) is 17.5 Å². The number of benzene rings is 1. The Bertz CT molecular complexity index is 564. The maximum Gasteiger partial charge on any atom is 0.326 e. The molecule has 0 aliphatic carbocycles. The Morgan fingerprint density at radius 1 is 1.26 bits per heavy atom. The summed E-state index contributed by atoms with van der Waals surface area (Å²) in [5, 5.41) is 0. The van der Waals surface area contributed by atoms with Gasteiger partial charge < -0.3 is 14.2 Å². The van der Waals surface area contributed by atoms with Crippen molar-refractivity contribution in [3.63, 3.8) is 0 Å². The van der Waals surface area contributed by atoms with Crippen LogP contribution in [-0.2, 0) is 20.9 Å². The third-order valence-electron chi connectivity index (χ3n) is 4.78. The Kier molecular flexibility index (Phi) is 4.55. The van der Waals surface area contributed by atoms with Crippen LogP contribution in [0.4, 0.5) is 4.39 Å². The summed E-state index contributed by atoms with van der Waals surface area (Å²) < 4.78 is 29.7. The van der Waals surface area contributed by atoms with Gasteiger partial charge in [-0.05, 0) is 17.7 Å². The Morgan fingerprint density at radius 3 is 2.65 bits per heavy atom. The molecule has 2 aliphatic rings. The zero-order valence-corrected chi connectivity index (χ0v) is 13.5. The van der Waals surface area contributed by atoms with Crippen LogP contribution in [0.2, 0.25) is 0 Å². The molecule has 6 heteroatoms. The second-order valence-electron chi connectivity index (χ2n) is 6.21. The average molecular weight is 323 g/mol. The van der Waals surface area contributed by atoms with Gasteiger partial charge in [-0.3, -0.25) is 9.69 Å². The number of fused-ring (bicyclic) bond motifs is 1. The first-order valence-electron chi connectivity index (χ1n) is 7.79. The second-order valence-corrected chi connectivity index (χ2v) is 6.21. The van der Waals surface area contributed by atoms with Crippen LogP contribution in [0.15, 0.2) is 24.3 Å². The fraction of sp³-hybridized carbons (Fsp3) is 0.588. The molecule has 5 nitrogen and oxygen atoms in total. The van der Waals surface area contributed by atoms with E-state index in [1.165, 1.54) is 7.11 Å². The van der Waals surface area contributed by atoms with Crippen LogP contribution in [-0.4, -0.2) is 56.0 Å². The maximum absolute atomic E-state index is 13.7. The summed E-state index contributed by atoms with van der Waals surface area (Å²) in [4.78, 5) is 14.0. The number of alkyl halides is 1. The number of nitrogens with zero attached hydrogens (tertiary/aromatic N) is 1. The van der Waals surface area contributed by atoms with Crippen LogP contribution in [0.25, 0.3) is 0 Å². The lowest BCUT2D eigenvalue weighted by Crippen LogP contribution is -2.46. The van der Waals surface area contributed by atoms with Crippen LogP contribution in [0.5, 0.6) is 5.75 Å². The Balaban J connectivity index is 1.61. The van der Waals surface area contributed by atoms with Crippen molar-refractivity contribution in [2.24, 2.45) is 0 Å². The number of hydrogen-bond donors (Lipinski definition) is 0. The number of halogens is 1. The molecular weight excluding hydrogens is 301 g/mol. The largest absolute Gasteiger partial charge is 0.497 e. The average Bonchev–Trinajstić information content (AvgIpc) is 3.05. The van der Waals surface area contributed by atoms with E-state index in [1.807, 2.05) is 29.2 Å². The summed E-state index contributed by atoms with van der Waals surface area (Å²) in [5.41, 5.74) is 0.187. The maximum atomic E-state index is 13.7. The van der Waals surface area contributed by atoms with Crippen molar-refractivity contribution in [3.8, 4) is 5.75 Å². The van der Waals surface area contributed by atoms with Gasteiger partial charge in [0.2, 0.25) is 0 Å². The van der Waals surface area contributed by atoms with Gasteiger partial charge in [-0.25, -0.2) is 4.39 Å². The fourth-order valence-corrected chi connectivity index (χ4v) is 3.66. The van der Waals surface area contributed by atoms with E-state index in [4.69, 9.17) is 14.2 Å². The van der Waals surface area contributed by atoms with Crippen LogP contribution in [0, 0.1) is 0 Å². The van der Waals surface area contributed by atoms with Gasteiger partial charge in [-0.1, -0.05) is 12.1 Å². The van der Waals surface area contributed by atoms with Gasteiger partial charge in [0, 0.05) is 25.9 Å². The predicted molar refractivity (Wildman–Crippen MR) is 82.0 cm³/mol. The third kappa shape index (κ3) is 3.05. The fourth-order valence-electron chi connectivity index (χ4n) is 3.66. The minimum absolute atomic E-state index is 0.0938. The summed E-state index contributed by atoms with van der Waals surface area (Å²) in [5.74, 6) is 0.446. The number of hydrogen-bond acceptors (Lipinski definition) is 5. The van der Waals surface area contributed by atoms with E-state index in [-0.39, 0.29) is 25.0 Å². The lowest BCUT2D eigenvalue weighted by molar-refractivity contribution is -0.152. The summed E-state index contributed by atoms with van der Waals surface area (Å²) >= 11 is 0. The van der Waals surface area contributed by atoms with Gasteiger partial charge in [0.15, 0.2) is 0 Å². The smallest absolute Gasteiger partial charge is 0.326 e. The summed E-state index contributed by atoms with van der Waals surface area (Å²) in [7, 11) is 2.98. The molecule has 126 valence electrons. The molecule has 2 aliphatic heterocycles. The van der Waals surface area contributed by atoms with Crippen LogP contribution in [0.1, 0.15) is 18.4 Å². The number of carbonyl (C=O) groups excluding carboxylic acids is 1. The minimum atomic E-state index is -0.975. The molecule has 3 atom stereocenters. The molecule has 0 saturated carbocycles. The number of esters is 1. The summed E-state index contributed by atoms with van der Waals surface area (Å²) in [6.07, 6.45) is -0.390. The van der Waals surface area contributed by atoms with Gasteiger partial charge in [-0.15, -0.1) is 0 Å². The van der Waals surface area contributed by atoms with Crippen LogP contribution >= 0.6 is 0 Å². The molecule has 2 fully saturated rings. The standard InChI is InChI=1S/C17H22FNO4/c1-21-14-5-3-12(4-6-14)11-23-15-8-17(16(20)22-2)7-13(18)9-19(17)10-15/h3-6,13,15H,7-11H2,1-2H3/t13-,15+,17+/m0/s1. The van der Waals surface area contributed by atoms with Crippen LogP contribution in [0.3, 0.4) is 0 Å². The quantitative estimate of drug-likeness (QED) is 0.775. The van der Waals surface area contributed by atoms with Crippen molar-refractivity contribution in [2.45, 2.75) is 37.3 Å². The van der Waals surface area contributed by atoms with E-state index in [0.29, 0.717) is 19.6 Å². The SMILES string of the molecule is COC(=O)[C@]12C[C@H](F)CN1C[C@H](OCc1ccc(OC)cc1)C2. The molecule has 2 heterocycles.